The van der Waals surface area contributed by atoms with Crippen molar-refractivity contribution in [1.82, 2.24) is 4.98 Å². The Morgan fingerprint density at radius 2 is 2.00 bits per heavy atom. The Balaban J connectivity index is 2.81. The van der Waals surface area contributed by atoms with Crippen molar-refractivity contribution < 1.29 is 32.2 Å². The molecule has 0 aromatic carbocycles. The second-order valence-electron chi connectivity index (χ2n) is 4.52. The first-order valence-electron chi connectivity index (χ1n) is 5.58. The third-order valence-corrected chi connectivity index (χ3v) is 2.27. The fourth-order valence-corrected chi connectivity index (χ4v) is 1.27. The van der Waals surface area contributed by atoms with E-state index >= 15 is 0 Å². The molecule has 5 nitrogen and oxygen atoms in total. The number of aromatic nitrogens is 1. The quantitative estimate of drug-likeness (QED) is 0.781. The van der Waals surface area contributed by atoms with Gasteiger partial charge in [-0.05, 0) is 26.0 Å². The predicted octanol–water partition coefficient (Wildman–Crippen LogP) is 2.56. The molecule has 0 atom stereocenters. The van der Waals surface area contributed by atoms with E-state index < -0.39 is 23.5 Å². The van der Waals surface area contributed by atoms with E-state index in [9.17, 15) is 18.0 Å². The highest BCUT2D eigenvalue weighted by molar-refractivity contribution is 5.75. The molecule has 0 aliphatic heterocycles. The lowest BCUT2D eigenvalue weighted by Gasteiger charge is -2.22. The van der Waals surface area contributed by atoms with Crippen LogP contribution in [0.4, 0.5) is 13.2 Å². The van der Waals surface area contributed by atoms with Gasteiger partial charge in [-0.2, -0.15) is 0 Å². The summed E-state index contributed by atoms with van der Waals surface area (Å²) in [5, 5.41) is 0. The molecular formula is C12H14F3NO4. The number of carbonyl (C=O) groups is 1. The average Bonchev–Trinajstić information content (AvgIpc) is 2.35. The molecule has 0 N–H and O–H groups in total. The van der Waals surface area contributed by atoms with Crippen molar-refractivity contribution in [2.45, 2.75) is 20.2 Å². The van der Waals surface area contributed by atoms with Crippen molar-refractivity contribution in [2.24, 2.45) is 5.41 Å². The molecule has 0 amide bonds. The summed E-state index contributed by atoms with van der Waals surface area (Å²) in [5.74, 6) is -1.46. The SMILES string of the molecule is COC(=O)C(C)(C)COc1ncccc1OC(F)(F)F. The van der Waals surface area contributed by atoms with Gasteiger partial charge in [0.15, 0.2) is 5.75 Å². The molecule has 0 bridgehead atoms. The standard InChI is InChI=1S/C12H14F3NO4/c1-11(2,10(17)18-3)7-19-9-8(5-4-6-16-9)20-12(13,14)15/h4-6H,7H2,1-3H3. The second kappa shape index (κ2) is 5.98. The molecule has 1 aromatic heterocycles. The smallest absolute Gasteiger partial charge is 0.474 e. The van der Waals surface area contributed by atoms with Crippen molar-refractivity contribution >= 4 is 5.97 Å². The van der Waals surface area contributed by atoms with E-state index in [-0.39, 0.29) is 12.5 Å². The minimum absolute atomic E-state index is 0.203. The van der Waals surface area contributed by atoms with Crippen LogP contribution in [0.5, 0.6) is 11.6 Å². The highest BCUT2D eigenvalue weighted by atomic mass is 19.4. The molecule has 1 rings (SSSR count). The van der Waals surface area contributed by atoms with E-state index in [4.69, 9.17) is 4.74 Å². The predicted molar refractivity (Wildman–Crippen MR) is 62.2 cm³/mol. The summed E-state index contributed by atoms with van der Waals surface area (Å²) < 4.78 is 50.1. The van der Waals surface area contributed by atoms with Gasteiger partial charge in [0.1, 0.15) is 6.61 Å². The van der Waals surface area contributed by atoms with E-state index in [0.29, 0.717) is 0 Å². The zero-order valence-electron chi connectivity index (χ0n) is 11.2. The highest BCUT2D eigenvalue weighted by Crippen LogP contribution is 2.31. The molecule has 0 aliphatic carbocycles. The van der Waals surface area contributed by atoms with Crippen molar-refractivity contribution in [3.05, 3.63) is 18.3 Å². The number of methoxy groups -OCH3 is 1. The van der Waals surface area contributed by atoms with Crippen LogP contribution in [0.1, 0.15) is 13.8 Å². The largest absolute Gasteiger partial charge is 0.573 e. The monoisotopic (exact) mass is 293 g/mol. The minimum Gasteiger partial charge on any atom is -0.474 e. The van der Waals surface area contributed by atoms with Gasteiger partial charge < -0.3 is 14.2 Å². The Kier molecular flexibility index (Phi) is 4.80. The van der Waals surface area contributed by atoms with Gasteiger partial charge in [0, 0.05) is 6.20 Å². The number of alkyl halides is 3. The fourth-order valence-electron chi connectivity index (χ4n) is 1.27. The lowest BCUT2D eigenvalue weighted by Crippen LogP contribution is -2.32. The van der Waals surface area contributed by atoms with E-state index in [1.54, 1.807) is 0 Å². The van der Waals surface area contributed by atoms with Crippen molar-refractivity contribution in [3.8, 4) is 11.6 Å². The van der Waals surface area contributed by atoms with Crippen LogP contribution in [-0.2, 0) is 9.53 Å². The number of ether oxygens (including phenoxy) is 3. The normalized spacial score (nSPS) is 11.9. The van der Waals surface area contributed by atoms with E-state index in [2.05, 4.69) is 14.5 Å². The van der Waals surface area contributed by atoms with Crippen molar-refractivity contribution in [3.63, 3.8) is 0 Å². The zero-order valence-corrected chi connectivity index (χ0v) is 11.2. The number of halogens is 3. The Hall–Kier alpha value is -1.99. The molecule has 0 spiro atoms. The molecule has 0 saturated carbocycles. The summed E-state index contributed by atoms with van der Waals surface area (Å²) in [7, 11) is 1.21. The number of hydrogen-bond acceptors (Lipinski definition) is 5. The van der Waals surface area contributed by atoms with Gasteiger partial charge in [0.25, 0.3) is 5.88 Å². The fraction of sp³-hybridized carbons (Fsp3) is 0.500. The number of carbonyl (C=O) groups excluding carboxylic acids is 1. The Morgan fingerprint density at radius 3 is 2.55 bits per heavy atom. The maximum Gasteiger partial charge on any atom is 0.573 e. The van der Waals surface area contributed by atoms with Gasteiger partial charge in [-0.3, -0.25) is 4.79 Å². The van der Waals surface area contributed by atoms with Crippen molar-refractivity contribution in [1.29, 1.82) is 0 Å². The minimum atomic E-state index is -4.85. The molecule has 20 heavy (non-hydrogen) atoms. The lowest BCUT2D eigenvalue weighted by molar-refractivity contribution is -0.275. The summed E-state index contributed by atoms with van der Waals surface area (Å²) in [5.41, 5.74) is -1.03. The van der Waals surface area contributed by atoms with Crippen LogP contribution in [0, 0.1) is 5.41 Å². The first kappa shape index (κ1) is 16.1. The van der Waals surface area contributed by atoms with Crippen LogP contribution in [0.2, 0.25) is 0 Å². The van der Waals surface area contributed by atoms with Gasteiger partial charge >= 0.3 is 12.3 Å². The molecule has 0 fully saturated rings. The number of pyridine rings is 1. The number of nitrogens with zero attached hydrogens (tertiary/aromatic N) is 1. The van der Waals surface area contributed by atoms with Crippen LogP contribution in [0.25, 0.3) is 0 Å². The van der Waals surface area contributed by atoms with Gasteiger partial charge in [0.2, 0.25) is 0 Å². The summed E-state index contributed by atoms with van der Waals surface area (Å²) >= 11 is 0. The first-order chi connectivity index (χ1) is 9.15. The van der Waals surface area contributed by atoms with Crippen LogP contribution in [0.15, 0.2) is 18.3 Å². The molecular weight excluding hydrogens is 279 g/mol. The summed E-state index contributed by atoms with van der Waals surface area (Å²) in [4.78, 5) is 15.1. The van der Waals surface area contributed by atoms with Crippen LogP contribution < -0.4 is 9.47 Å². The molecule has 0 aliphatic rings. The summed E-state index contributed by atoms with van der Waals surface area (Å²) in [6.45, 7) is 2.86. The zero-order chi connectivity index (χ0) is 15.4. The van der Waals surface area contributed by atoms with Crippen LogP contribution >= 0.6 is 0 Å². The number of esters is 1. The maximum atomic E-state index is 12.2. The van der Waals surface area contributed by atoms with Crippen molar-refractivity contribution in [2.75, 3.05) is 13.7 Å². The molecule has 0 radical (unpaired) electrons. The average molecular weight is 293 g/mol. The Bertz CT molecular complexity index is 474. The van der Waals surface area contributed by atoms with Gasteiger partial charge in [0.05, 0.1) is 12.5 Å². The van der Waals surface area contributed by atoms with Crippen LogP contribution in [0.3, 0.4) is 0 Å². The van der Waals surface area contributed by atoms with Gasteiger partial charge in [-0.25, -0.2) is 4.98 Å². The van der Waals surface area contributed by atoms with E-state index in [0.717, 1.165) is 6.07 Å². The number of rotatable bonds is 5. The highest BCUT2D eigenvalue weighted by Gasteiger charge is 2.34. The molecule has 0 saturated heterocycles. The second-order valence-corrected chi connectivity index (χ2v) is 4.52. The molecule has 0 unspecified atom stereocenters. The van der Waals surface area contributed by atoms with Crippen LogP contribution in [-0.4, -0.2) is 31.0 Å². The van der Waals surface area contributed by atoms with E-state index in [1.807, 2.05) is 0 Å². The molecule has 8 heteroatoms. The third kappa shape index (κ3) is 4.60. The molecule has 112 valence electrons. The Morgan fingerprint density at radius 1 is 1.35 bits per heavy atom. The van der Waals surface area contributed by atoms with Gasteiger partial charge in [-0.15, -0.1) is 13.2 Å². The first-order valence-corrected chi connectivity index (χ1v) is 5.58. The summed E-state index contributed by atoms with van der Waals surface area (Å²) in [6.07, 6.45) is -3.59. The summed E-state index contributed by atoms with van der Waals surface area (Å²) in [6, 6.07) is 2.35. The van der Waals surface area contributed by atoms with Gasteiger partial charge in [-0.1, -0.05) is 0 Å². The topological polar surface area (TPSA) is 57.7 Å². The third-order valence-electron chi connectivity index (χ3n) is 2.27. The molecule has 1 heterocycles. The Labute approximate surface area is 113 Å². The number of hydrogen-bond donors (Lipinski definition) is 0. The van der Waals surface area contributed by atoms with E-state index in [1.165, 1.54) is 33.2 Å². The lowest BCUT2D eigenvalue weighted by atomic mass is 9.95. The molecule has 1 aromatic rings. The maximum absolute atomic E-state index is 12.2.